The van der Waals surface area contributed by atoms with Gasteiger partial charge in [0.25, 0.3) is 0 Å². The predicted molar refractivity (Wildman–Crippen MR) is 79.1 cm³/mol. The Bertz CT molecular complexity index is 615. The Morgan fingerprint density at radius 2 is 1.53 bits per heavy atom. The summed E-state index contributed by atoms with van der Waals surface area (Å²) in [4.78, 5) is 4.64. The van der Waals surface area contributed by atoms with Gasteiger partial charge in [0, 0.05) is 22.6 Å². The summed E-state index contributed by atoms with van der Waals surface area (Å²) in [7, 11) is 0. The first-order chi connectivity index (χ1) is 8.59. The van der Waals surface area contributed by atoms with Crippen LogP contribution in [0.2, 0.25) is 0 Å². The highest BCUT2D eigenvalue weighted by atomic mass is 19.1. The van der Waals surface area contributed by atoms with Crippen LogP contribution in [0.4, 0.5) is 4.39 Å². The van der Waals surface area contributed by atoms with Crippen molar-refractivity contribution < 1.29 is 4.39 Å². The number of halogens is 1. The molecule has 0 amide bonds. The molecule has 0 aliphatic heterocycles. The average molecular weight is 259 g/mol. The third kappa shape index (κ3) is 2.78. The number of nitrogens with zero attached hydrogens (tertiary/aromatic N) is 1. The van der Waals surface area contributed by atoms with Gasteiger partial charge in [0.2, 0.25) is 0 Å². The first-order valence-corrected chi connectivity index (χ1v) is 6.70. The smallest absolute Gasteiger partial charge is 0.125 e. The quantitative estimate of drug-likeness (QED) is 0.651. The second kappa shape index (κ2) is 4.29. The van der Waals surface area contributed by atoms with E-state index in [9.17, 15) is 4.39 Å². The molecule has 0 spiro atoms. The molecular formula is C17H22FN. The van der Waals surface area contributed by atoms with Gasteiger partial charge in [0.1, 0.15) is 5.82 Å². The lowest BCUT2D eigenvalue weighted by Crippen LogP contribution is -2.18. The molecule has 0 saturated heterocycles. The Balaban J connectivity index is 2.84. The number of hydrogen-bond acceptors (Lipinski definition) is 1. The maximum Gasteiger partial charge on any atom is 0.125 e. The van der Waals surface area contributed by atoms with Crippen LogP contribution >= 0.6 is 0 Å². The zero-order valence-electron chi connectivity index (χ0n) is 12.6. The molecule has 1 heterocycles. The number of rotatable bonds is 0. The third-order valence-electron chi connectivity index (χ3n) is 3.35. The van der Waals surface area contributed by atoms with Crippen molar-refractivity contribution in [1.82, 2.24) is 4.98 Å². The molecule has 0 atom stereocenters. The summed E-state index contributed by atoms with van der Waals surface area (Å²) in [5, 5.41) is 1.04. The van der Waals surface area contributed by atoms with Crippen LogP contribution in [0.1, 0.15) is 52.8 Å². The van der Waals surface area contributed by atoms with E-state index in [1.165, 1.54) is 17.7 Å². The van der Waals surface area contributed by atoms with Gasteiger partial charge in [-0.15, -0.1) is 0 Å². The number of aromatic nitrogens is 1. The van der Waals surface area contributed by atoms with Gasteiger partial charge in [0.05, 0.1) is 5.52 Å². The van der Waals surface area contributed by atoms with Crippen LogP contribution in [0, 0.1) is 5.82 Å². The second-order valence-corrected chi connectivity index (χ2v) is 7.22. The number of pyridine rings is 1. The van der Waals surface area contributed by atoms with Gasteiger partial charge in [-0.25, -0.2) is 4.39 Å². The largest absolute Gasteiger partial charge is 0.252 e. The highest BCUT2D eigenvalue weighted by Gasteiger charge is 2.23. The van der Waals surface area contributed by atoms with Gasteiger partial charge in [-0.1, -0.05) is 41.5 Å². The van der Waals surface area contributed by atoms with Crippen LogP contribution in [-0.2, 0) is 10.8 Å². The molecule has 0 N–H and O–H groups in total. The van der Waals surface area contributed by atoms with E-state index in [0.717, 1.165) is 16.6 Å². The fraction of sp³-hybridized carbons (Fsp3) is 0.471. The summed E-state index contributed by atoms with van der Waals surface area (Å²) in [6, 6.07) is 7.04. The first-order valence-electron chi connectivity index (χ1n) is 6.70. The topological polar surface area (TPSA) is 12.9 Å². The molecule has 0 saturated carbocycles. The van der Waals surface area contributed by atoms with E-state index in [1.54, 1.807) is 0 Å². The Kier molecular flexibility index (Phi) is 3.16. The Morgan fingerprint density at radius 1 is 0.895 bits per heavy atom. The van der Waals surface area contributed by atoms with Gasteiger partial charge in [0.15, 0.2) is 0 Å². The minimum Gasteiger partial charge on any atom is -0.252 e. The van der Waals surface area contributed by atoms with Gasteiger partial charge < -0.3 is 0 Å². The van der Waals surface area contributed by atoms with E-state index in [-0.39, 0.29) is 16.6 Å². The van der Waals surface area contributed by atoms with E-state index < -0.39 is 0 Å². The molecular weight excluding hydrogens is 237 g/mol. The van der Waals surface area contributed by atoms with E-state index in [1.807, 2.05) is 6.07 Å². The number of hydrogen-bond donors (Lipinski definition) is 0. The van der Waals surface area contributed by atoms with Crippen molar-refractivity contribution in [2.45, 2.75) is 52.4 Å². The van der Waals surface area contributed by atoms with E-state index in [2.05, 4.69) is 52.6 Å². The molecule has 19 heavy (non-hydrogen) atoms. The predicted octanol–water partition coefficient (Wildman–Crippen LogP) is 4.97. The summed E-state index contributed by atoms with van der Waals surface area (Å²) in [6.07, 6.45) is 0. The van der Waals surface area contributed by atoms with Crippen LogP contribution in [0.25, 0.3) is 10.9 Å². The number of benzene rings is 1. The van der Waals surface area contributed by atoms with E-state index in [4.69, 9.17) is 0 Å². The summed E-state index contributed by atoms with van der Waals surface area (Å²) in [6.45, 7) is 12.9. The SMILES string of the molecule is CC(C)(C)c1cc(C(C)(C)C)c2ccc(F)cc2n1. The molecule has 1 aromatic heterocycles. The maximum absolute atomic E-state index is 13.5. The van der Waals surface area contributed by atoms with Crippen LogP contribution in [0.3, 0.4) is 0 Å². The molecule has 0 radical (unpaired) electrons. The normalized spacial score (nSPS) is 13.0. The summed E-state index contributed by atoms with van der Waals surface area (Å²) in [5.41, 5.74) is 2.95. The lowest BCUT2D eigenvalue weighted by Gasteiger charge is -2.26. The second-order valence-electron chi connectivity index (χ2n) is 7.22. The average Bonchev–Trinajstić information content (AvgIpc) is 2.24. The highest BCUT2D eigenvalue weighted by Crippen LogP contribution is 2.33. The zero-order chi connectivity index (χ0) is 14.4. The Morgan fingerprint density at radius 3 is 2.05 bits per heavy atom. The summed E-state index contributed by atoms with van der Waals surface area (Å²) < 4.78 is 13.5. The third-order valence-corrected chi connectivity index (χ3v) is 3.35. The van der Waals surface area contributed by atoms with Crippen molar-refractivity contribution in [3.8, 4) is 0 Å². The van der Waals surface area contributed by atoms with Crippen molar-refractivity contribution in [3.05, 3.63) is 41.3 Å². The molecule has 1 nitrogen and oxygen atoms in total. The molecule has 0 unspecified atom stereocenters. The lowest BCUT2D eigenvalue weighted by molar-refractivity contribution is 0.557. The molecule has 2 aromatic rings. The standard InChI is InChI=1S/C17H22FN/c1-16(2,3)13-10-15(17(4,5)6)19-14-9-11(18)7-8-12(13)14/h7-10H,1-6H3. The fourth-order valence-corrected chi connectivity index (χ4v) is 2.21. The Hall–Kier alpha value is -1.44. The maximum atomic E-state index is 13.5. The van der Waals surface area contributed by atoms with Crippen LogP contribution in [0.5, 0.6) is 0 Å². The molecule has 102 valence electrons. The van der Waals surface area contributed by atoms with Crippen molar-refractivity contribution in [1.29, 1.82) is 0 Å². The number of fused-ring (bicyclic) bond motifs is 1. The highest BCUT2D eigenvalue weighted by molar-refractivity contribution is 5.83. The minimum absolute atomic E-state index is 0.0129. The van der Waals surface area contributed by atoms with Gasteiger partial charge in [-0.3, -0.25) is 4.98 Å². The monoisotopic (exact) mass is 259 g/mol. The molecule has 0 fully saturated rings. The van der Waals surface area contributed by atoms with Gasteiger partial charge >= 0.3 is 0 Å². The van der Waals surface area contributed by atoms with E-state index >= 15 is 0 Å². The van der Waals surface area contributed by atoms with Gasteiger partial charge in [-0.05, 0) is 29.2 Å². The van der Waals surface area contributed by atoms with Crippen molar-refractivity contribution in [3.63, 3.8) is 0 Å². The van der Waals surface area contributed by atoms with Gasteiger partial charge in [-0.2, -0.15) is 0 Å². The van der Waals surface area contributed by atoms with Crippen LogP contribution in [-0.4, -0.2) is 4.98 Å². The summed E-state index contributed by atoms with van der Waals surface area (Å²) >= 11 is 0. The van der Waals surface area contributed by atoms with Crippen molar-refractivity contribution in [2.24, 2.45) is 0 Å². The van der Waals surface area contributed by atoms with Crippen LogP contribution < -0.4 is 0 Å². The molecule has 0 aliphatic carbocycles. The molecule has 2 rings (SSSR count). The molecule has 2 heteroatoms. The van der Waals surface area contributed by atoms with E-state index in [0.29, 0.717) is 0 Å². The van der Waals surface area contributed by atoms with Crippen molar-refractivity contribution >= 4 is 10.9 Å². The molecule has 1 aromatic carbocycles. The van der Waals surface area contributed by atoms with Crippen LogP contribution in [0.15, 0.2) is 24.3 Å². The fourth-order valence-electron chi connectivity index (χ4n) is 2.21. The Labute approximate surface area is 114 Å². The molecule has 0 aliphatic rings. The summed E-state index contributed by atoms with van der Waals surface area (Å²) in [5.74, 6) is -0.231. The molecule has 0 bridgehead atoms. The lowest BCUT2D eigenvalue weighted by atomic mass is 9.81. The zero-order valence-corrected chi connectivity index (χ0v) is 12.6. The minimum atomic E-state index is -0.231. The first kappa shape index (κ1) is 14.0. The van der Waals surface area contributed by atoms with Crippen molar-refractivity contribution in [2.75, 3.05) is 0 Å².